The summed E-state index contributed by atoms with van der Waals surface area (Å²) in [6, 6.07) is 7.00. The Labute approximate surface area is 140 Å². The molecule has 2 heterocycles. The summed E-state index contributed by atoms with van der Waals surface area (Å²) in [5.74, 6) is 0.144. The minimum Gasteiger partial charge on any atom is -0.480 e. The topological polar surface area (TPSA) is 32.7 Å². The molecule has 0 aliphatic carbocycles. The molecule has 134 valence electrons. The van der Waals surface area contributed by atoms with Crippen LogP contribution in [0, 0.1) is 11.8 Å². The summed E-state index contributed by atoms with van der Waals surface area (Å²) in [5, 5.41) is 9.10. The molecule has 1 saturated heterocycles. The van der Waals surface area contributed by atoms with Crippen LogP contribution in [0.4, 0.5) is 13.2 Å². The molecule has 0 aromatic heterocycles. The molecule has 3 rings (SSSR count). The first-order valence-corrected chi connectivity index (χ1v) is 8.62. The second kappa shape index (κ2) is 7.31. The molecule has 1 fully saturated rings. The monoisotopic (exact) mass is 343 g/mol. The number of nitrogens with zero attached hydrogens (tertiary/aromatic N) is 1. The van der Waals surface area contributed by atoms with Crippen LogP contribution in [0.15, 0.2) is 24.3 Å². The molecular formula is C18H24F3NO2. The van der Waals surface area contributed by atoms with Crippen LogP contribution in [-0.2, 0) is 6.42 Å². The Kier molecular flexibility index (Phi) is 5.35. The molecule has 24 heavy (non-hydrogen) atoms. The first-order chi connectivity index (χ1) is 11.5. The molecule has 0 radical (unpaired) electrons. The zero-order chi connectivity index (χ0) is 17.2. The van der Waals surface area contributed by atoms with Crippen molar-refractivity contribution in [2.45, 2.75) is 38.0 Å². The second-order valence-electron chi connectivity index (χ2n) is 6.93. The Morgan fingerprint density at radius 3 is 2.79 bits per heavy atom. The van der Waals surface area contributed by atoms with Gasteiger partial charge in [0.1, 0.15) is 5.75 Å². The normalized spacial score (nSPS) is 28.2. The summed E-state index contributed by atoms with van der Waals surface area (Å²) >= 11 is 0. The number of hydrogen-bond acceptors (Lipinski definition) is 3. The number of piperidine rings is 1. The SMILES string of the molecule is OCCC1CCCN(C[C@@H]2Cc3ccccc3O[C@H]2C(F)(F)F)C1. The number of hydrogen-bond donors (Lipinski definition) is 1. The van der Waals surface area contributed by atoms with Crippen molar-refractivity contribution in [3.05, 3.63) is 29.8 Å². The Balaban J connectivity index is 1.72. The zero-order valence-electron chi connectivity index (χ0n) is 13.6. The van der Waals surface area contributed by atoms with E-state index in [1.165, 1.54) is 0 Å². The number of likely N-dealkylation sites (tertiary alicyclic amines) is 1. The smallest absolute Gasteiger partial charge is 0.425 e. The number of alkyl halides is 3. The Bertz CT molecular complexity index is 547. The molecular weight excluding hydrogens is 319 g/mol. The van der Waals surface area contributed by atoms with Gasteiger partial charge in [-0.15, -0.1) is 0 Å². The number of halogens is 3. The van der Waals surface area contributed by atoms with E-state index in [0.717, 1.165) is 37.9 Å². The van der Waals surface area contributed by atoms with Gasteiger partial charge in [-0.1, -0.05) is 18.2 Å². The highest BCUT2D eigenvalue weighted by molar-refractivity contribution is 5.36. The van der Waals surface area contributed by atoms with Crippen LogP contribution in [0.25, 0.3) is 0 Å². The van der Waals surface area contributed by atoms with Crippen LogP contribution in [-0.4, -0.2) is 48.5 Å². The van der Waals surface area contributed by atoms with Crippen molar-refractivity contribution in [2.75, 3.05) is 26.2 Å². The van der Waals surface area contributed by atoms with E-state index < -0.39 is 18.2 Å². The van der Waals surface area contributed by atoms with Gasteiger partial charge in [-0.05, 0) is 49.8 Å². The van der Waals surface area contributed by atoms with E-state index in [9.17, 15) is 13.2 Å². The third-order valence-corrected chi connectivity index (χ3v) is 5.09. The maximum Gasteiger partial charge on any atom is 0.425 e. The zero-order valence-corrected chi connectivity index (χ0v) is 13.6. The molecule has 1 unspecified atom stereocenters. The molecule has 1 aromatic rings. The van der Waals surface area contributed by atoms with Crippen LogP contribution in [0.2, 0.25) is 0 Å². The molecule has 2 aliphatic rings. The van der Waals surface area contributed by atoms with Gasteiger partial charge in [-0.3, -0.25) is 0 Å². The highest BCUT2D eigenvalue weighted by Crippen LogP contribution is 2.38. The molecule has 0 bridgehead atoms. The van der Waals surface area contributed by atoms with E-state index >= 15 is 0 Å². The van der Waals surface area contributed by atoms with Gasteiger partial charge >= 0.3 is 6.18 Å². The maximum absolute atomic E-state index is 13.5. The van der Waals surface area contributed by atoms with Gasteiger partial charge in [-0.25, -0.2) is 0 Å². The number of ether oxygens (including phenoxy) is 1. The predicted molar refractivity (Wildman–Crippen MR) is 85.0 cm³/mol. The van der Waals surface area contributed by atoms with E-state index in [1.807, 2.05) is 12.1 Å². The van der Waals surface area contributed by atoms with Gasteiger partial charge in [0, 0.05) is 25.6 Å². The van der Waals surface area contributed by atoms with Gasteiger partial charge < -0.3 is 14.7 Å². The fourth-order valence-electron chi connectivity index (χ4n) is 3.97. The number of para-hydroxylation sites is 1. The fourth-order valence-corrected chi connectivity index (χ4v) is 3.97. The van der Waals surface area contributed by atoms with E-state index in [2.05, 4.69) is 4.90 Å². The first kappa shape index (κ1) is 17.5. The molecule has 0 saturated carbocycles. The lowest BCUT2D eigenvalue weighted by molar-refractivity contribution is -0.215. The predicted octanol–water partition coefficient (Wildman–Crippen LogP) is 3.26. The van der Waals surface area contributed by atoms with Crippen molar-refractivity contribution in [1.29, 1.82) is 0 Å². The Morgan fingerprint density at radius 2 is 2.04 bits per heavy atom. The molecule has 0 amide bonds. The molecule has 1 aromatic carbocycles. The van der Waals surface area contributed by atoms with Crippen LogP contribution in [0.3, 0.4) is 0 Å². The van der Waals surface area contributed by atoms with Crippen LogP contribution in [0.5, 0.6) is 5.75 Å². The van der Waals surface area contributed by atoms with E-state index in [0.29, 0.717) is 24.6 Å². The van der Waals surface area contributed by atoms with Gasteiger partial charge in [0.05, 0.1) is 0 Å². The average Bonchev–Trinajstić information content (AvgIpc) is 2.54. The third kappa shape index (κ3) is 4.03. The number of aliphatic hydroxyl groups is 1. The third-order valence-electron chi connectivity index (χ3n) is 5.09. The number of benzene rings is 1. The highest BCUT2D eigenvalue weighted by Gasteiger charge is 2.49. The lowest BCUT2D eigenvalue weighted by Crippen LogP contribution is -2.50. The molecule has 0 spiro atoms. The van der Waals surface area contributed by atoms with Crippen molar-refractivity contribution in [3.8, 4) is 5.75 Å². The van der Waals surface area contributed by atoms with Crippen molar-refractivity contribution >= 4 is 0 Å². The summed E-state index contributed by atoms with van der Waals surface area (Å²) in [4.78, 5) is 2.12. The second-order valence-corrected chi connectivity index (χ2v) is 6.93. The van der Waals surface area contributed by atoms with E-state index in [-0.39, 0.29) is 6.61 Å². The average molecular weight is 343 g/mol. The molecule has 3 atom stereocenters. The lowest BCUT2D eigenvalue weighted by atomic mass is 9.88. The summed E-state index contributed by atoms with van der Waals surface area (Å²) in [6.45, 7) is 2.12. The van der Waals surface area contributed by atoms with Crippen LogP contribution in [0.1, 0.15) is 24.8 Å². The standard InChI is InChI=1S/C18H24F3NO2/c19-18(20,21)17-15(10-14-5-1-2-6-16(14)24-17)12-22-8-3-4-13(11-22)7-9-23/h1-2,5-6,13,15,17,23H,3-4,7-12H2/t13?,15-,17+/m0/s1. The summed E-state index contributed by atoms with van der Waals surface area (Å²) in [6.07, 6.45) is -2.97. The van der Waals surface area contributed by atoms with E-state index in [1.54, 1.807) is 12.1 Å². The molecule has 1 N–H and O–H groups in total. The van der Waals surface area contributed by atoms with Crippen LogP contribution < -0.4 is 4.74 Å². The van der Waals surface area contributed by atoms with Crippen molar-refractivity contribution < 1.29 is 23.0 Å². The minimum absolute atomic E-state index is 0.142. The van der Waals surface area contributed by atoms with Crippen LogP contribution >= 0.6 is 0 Å². The largest absolute Gasteiger partial charge is 0.480 e. The number of fused-ring (bicyclic) bond motifs is 1. The summed E-state index contributed by atoms with van der Waals surface area (Å²) in [7, 11) is 0. The molecule has 2 aliphatic heterocycles. The maximum atomic E-state index is 13.5. The van der Waals surface area contributed by atoms with Crippen molar-refractivity contribution in [2.24, 2.45) is 11.8 Å². The molecule has 6 heteroatoms. The van der Waals surface area contributed by atoms with E-state index in [4.69, 9.17) is 9.84 Å². The summed E-state index contributed by atoms with van der Waals surface area (Å²) < 4.78 is 45.7. The highest BCUT2D eigenvalue weighted by atomic mass is 19.4. The fraction of sp³-hybridized carbons (Fsp3) is 0.667. The van der Waals surface area contributed by atoms with Gasteiger partial charge in [0.2, 0.25) is 0 Å². The number of aliphatic hydroxyl groups excluding tert-OH is 1. The Morgan fingerprint density at radius 1 is 1.25 bits per heavy atom. The lowest BCUT2D eigenvalue weighted by Gasteiger charge is -2.40. The van der Waals surface area contributed by atoms with Gasteiger partial charge in [0.25, 0.3) is 0 Å². The van der Waals surface area contributed by atoms with Crippen molar-refractivity contribution in [1.82, 2.24) is 4.90 Å². The number of rotatable bonds is 4. The first-order valence-electron chi connectivity index (χ1n) is 8.62. The minimum atomic E-state index is -4.36. The quantitative estimate of drug-likeness (QED) is 0.911. The summed E-state index contributed by atoms with van der Waals surface area (Å²) in [5.41, 5.74) is 0.854. The Hall–Kier alpha value is -1.27. The molecule has 3 nitrogen and oxygen atoms in total. The van der Waals surface area contributed by atoms with Crippen molar-refractivity contribution in [3.63, 3.8) is 0 Å². The van der Waals surface area contributed by atoms with Gasteiger partial charge in [-0.2, -0.15) is 13.2 Å². The van der Waals surface area contributed by atoms with Gasteiger partial charge in [0.15, 0.2) is 6.10 Å².